The lowest BCUT2D eigenvalue weighted by Crippen LogP contribution is -2.28. The lowest BCUT2D eigenvalue weighted by atomic mass is 9.91. The Morgan fingerprint density at radius 1 is 0.636 bits per heavy atom. The highest BCUT2D eigenvalue weighted by atomic mass is 16.2. The van der Waals surface area contributed by atoms with E-state index in [0.29, 0.717) is 0 Å². The lowest BCUT2D eigenvalue weighted by Gasteiger charge is -2.12. The molecule has 0 atom stereocenters. The van der Waals surface area contributed by atoms with Crippen LogP contribution in [-0.4, -0.2) is 11.8 Å². The first-order chi connectivity index (χ1) is 10.7. The second-order valence-corrected chi connectivity index (χ2v) is 5.77. The third-order valence-electron chi connectivity index (χ3n) is 4.38. The van der Waals surface area contributed by atoms with Gasteiger partial charge in [0.2, 0.25) is 11.8 Å². The summed E-state index contributed by atoms with van der Waals surface area (Å²) in [6, 6.07) is 16.3. The molecule has 2 aliphatic rings. The van der Waals surface area contributed by atoms with Crippen LogP contribution in [0.1, 0.15) is 35.1 Å². The van der Waals surface area contributed by atoms with Gasteiger partial charge in [-0.3, -0.25) is 14.9 Å². The summed E-state index contributed by atoms with van der Waals surface area (Å²) in [5, 5.41) is 2.46. The maximum atomic E-state index is 12.0. The van der Waals surface area contributed by atoms with Crippen molar-refractivity contribution in [3.05, 3.63) is 70.8 Å². The van der Waals surface area contributed by atoms with Crippen molar-refractivity contribution in [1.29, 1.82) is 0 Å². The molecule has 22 heavy (non-hydrogen) atoms. The maximum absolute atomic E-state index is 12.0. The standard InChI is InChI=1S/C19H15NO2/c21-18-10-16-14-7-3-1-5-12(14)9-13-6-2-4-8-15(13)17(16)11-19(22)20-18/h1-8H,9-11H2,(H,20,21,22). The van der Waals surface area contributed by atoms with E-state index in [-0.39, 0.29) is 24.7 Å². The average molecular weight is 289 g/mol. The fraction of sp³-hybridized carbons (Fsp3) is 0.158. The predicted molar refractivity (Wildman–Crippen MR) is 84.9 cm³/mol. The molecule has 1 aliphatic carbocycles. The molecule has 1 heterocycles. The Morgan fingerprint density at radius 3 is 1.59 bits per heavy atom. The zero-order chi connectivity index (χ0) is 15.1. The molecule has 2 aromatic rings. The van der Waals surface area contributed by atoms with Crippen LogP contribution in [0.25, 0.3) is 11.1 Å². The van der Waals surface area contributed by atoms with Crippen molar-refractivity contribution in [3.63, 3.8) is 0 Å². The monoisotopic (exact) mass is 289 g/mol. The lowest BCUT2D eigenvalue weighted by molar-refractivity contribution is -0.128. The zero-order valence-electron chi connectivity index (χ0n) is 12.1. The number of imide groups is 1. The van der Waals surface area contributed by atoms with E-state index in [4.69, 9.17) is 0 Å². The van der Waals surface area contributed by atoms with Crippen LogP contribution in [0.5, 0.6) is 0 Å². The van der Waals surface area contributed by atoms with Gasteiger partial charge < -0.3 is 0 Å². The van der Waals surface area contributed by atoms with Crippen LogP contribution in [-0.2, 0) is 16.0 Å². The first-order valence-electron chi connectivity index (χ1n) is 7.43. The molecule has 0 unspecified atom stereocenters. The van der Waals surface area contributed by atoms with Crippen molar-refractivity contribution < 1.29 is 9.59 Å². The molecule has 1 aliphatic heterocycles. The van der Waals surface area contributed by atoms with Crippen LogP contribution in [0.3, 0.4) is 0 Å². The summed E-state index contributed by atoms with van der Waals surface area (Å²) in [5.41, 5.74) is 6.59. The number of benzene rings is 2. The molecule has 2 amide bonds. The van der Waals surface area contributed by atoms with Crippen molar-refractivity contribution in [1.82, 2.24) is 5.32 Å². The van der Waals surface area contributed by atoms with Gasteiger partial charge in [0.1, 0.15) is 0 Å². The van der Waals surface area contributed by atoms with E-state index in [1.54, 1.807) is 0 Å². The van der Waals surface area contributed by atoms with Gasteiger partial charge >= 0.3 is 0 Å². The first-order valence-corrected chi connectivity index (χ1v) is 7.43. The Morgan fingerprint density at radius 2 is 1.09 bits per heavy atom. The van der Waals surface area contributed by atoms with E-state index in [2.05, 4.69) is 29.6 Å². The van der Waals surface area contributed by atoms with Gasteiger partial charge in [0.15, 0.2) is 0 Å². The minimum atomic E-state index is -0.218. The molecule has 1 N–H and O–H groups in total. The van der Waals surface area contributed by atoms with Crippen molar-refractivity contribution in [2.24, 2.45) is 0 Å². The fourth-order valence-electron chi connectivity index (χ4n) is 3.44. The van der Waals surface area contributed by atoms with Gasteiger partial charge in [-0.05, 0) is 39.8 Å². The first kappa shape index (κ1) is 13.0. The van der Waals surface area contributed by atoms with E-state index in [1.165, 1.54) is 11.1 Å². The highest BCUT2D eigenvalue weighted by molar-refractivity contribution is 6.12. The number of nitrogens with one attached hydrogen (secondary N) is 1. The SMILES string of the molecule is O=C1CC2=C(CC(=O)N1)c1ccccc1Cc1ccccc12. The quantitative estimate of drug-likeness (QED) is 0.758. The van der Waals surface area contributed by atoms with Gasteiger partial charge in [-0.15, -0.1) is 0 Å². The van der Waals surface area contributed by atoms with E-state index < -0.39 is 0 Å². The summed E-state index contributed by atoms with van der Waals surface area (Å²) in [7, 11) is 0. The molecule has 2 aromatic carbocycles. The van der Waals surface area contributed by atoms with Crippen molar-refractivity contribution in [3.8, 4) is 0 Å². The highest BCUT2D eigenvalue weighted by Gasteiger charge is 2.27. The summed E-state index contributed by atoms with van der Waals surface area (Å²) in [4.78, 5) is 24.0. The molecule has 0 aromatic heterocycles. The Bertz CT molecular complexity index is 765. The number of hydrogen-bond donors (Lipinski definition) is 1. The van der Waals surface area contributed by atoms with Crippen LogP contribution in [0.4, 0.5) is 0 Å². The van der Waals surface area contributed by atoms with Gasteiger partial charge in [-0.1, -0.05) is 48.5 Å². The Balaban J connectivity index is 2.04. The third-order valence-corrected chi connectivity index (χ3v) is 4.38. The topological polar surface area (TPSA) is 46.2 Å². The van der Waals surface area contributed by atoms with Gasteiger partial charge in [0, 0.05) is 0 Å². The summed E-state index contributed by atoms with van der Waals surface area (Å²) < 4.78 is 0. The minimum absolute atomic E-state index is 0.218. The molecule has 0 bridgehead atoms. The molecule has 4 rings (SSSR count). The molecule has 0 saturated carbocycles. The summed E-state index contributed by atoms with van der Waals surface area (Å²) >= 11 is 0. The highest BCUT2D eigenvalue weighted by Crippen LogP contribution is 2.39. The zero-order valence-corrected chi connectivity index (χ0v) is 12.1. The number of amides is 2. The Labute approximate surface area is 128 Å². The van der Waals surface area contributed by atoms with E-state index >= 15 is 0 Å². The number of carbonyl (C=O) groups is 2. The van der Waals surface area contributed by atoms with Crippen LogP contribution in [0.15, 0.2) is 48.5 Å². The smallest absolute Gasteiger partial charge is 0.231 e. The molecule has 3 nitrogen and oxygen atoms in total. The average Bonchev–Trinajstić information content (AvgIpc) is 2.73. The van der Waals surface area contributed by atoms with Crippen molar-refractivity contribution >= 4 is 23.0 Å². The van der Waals surface area contributed by atoms with Gasteiger partial charge in [0.25, 0.3) is 0 Å². The normalized spacial score (nSPS) is 16.9. The summed E-state index contributed by atoms with van der Waals surface area (Å²) in [6.07, 6.45) is 1.34. The number of rotatable bonds is 0. The number of hydrogen-bond acceptors (Lipinski definition) is 2. The molecule has 108 valence electrons. The van der Waals surface area contributed by atoms with Crippen LogP contribution in [0.2, 0.25) is 0 Å². The Kier molecular flexibility index (Phi) is 2.93. The summed E-state index contributed by atoms with van der Waals surface area (Å²) in [5.74, 6) is -0.437. The minimum Gasteiger partial charge on any atom is -0.296 e. The molecular formula is C19H15NO2. The van der Waals surface area contributed by atoms with Crippen molar-refractivity contribution in [2.45, 2.75) is 19.3 Å². The van der Waals surface area contributed by atoms with Crippen LogP contribution in [0, 0.1) is 0 Å². The molecule has 0 spiro atoms. The molecular weight excluding hydrogens is 274 g/mol. The molecule has 0 fully saturated rings. The third kappa shape index (κ3) is 2.06. The van der Waals surface area contributed by atoms with Gasteiger partial charge in [0.05, 0.1) is 12.8 Å². The largest absolute Gasteiger partial charge is 0.296 e. The second-order valence-electron chi connectivity index (χ2n) is 5.77. The van der Waals surface area contributed by atoms with E-state index in [1.807, 2.05) is 24.3 Å². The molecule has 3 heteroatoms. The Hall–Kier alpha value is -2.68. The second kappa shape index (κ2) is 4.95. The van der Waals surface area contributed by atoms with E-state index in [0.717, 1.165) is 28.7 Å². The van der Waals surface area contributed by atoms with Crippen LogP contribution < -0.4 is 5.32 Å². The maximum Gasteiger partial charge on any atom is 0.231 e. The molecule has 0 radical (unpaired) electrons. The predicted octanol–water partition coefficient (Wildman–Crippen LogP) is 2.94. The molecule has 0 saturated heterocycles. The van der Waals surface area contributed by atoms with E-state index in [9.17, 15) is 9.59 Å². The van der Waals surface area contributed by atoms with Gasteiger partial charge in [-0.2, -0.15) is 0 Å². The van der Waals surface area contributed by atoms with Crippen LogP contribution >= 0.6 is 0 Å². The number of fused-ring (bicyclic) bond motifs is 4. The number of carbonyl (C=O) groups excluding carboxylic acids is 2. The summed E-state index contributed by atoms with van der Waals surface area (Å²) in [6.45, 7) is 0. The van der Waals surface area contributed by atoms with Crippen molar-refractivity contribution in [2.75, 3.05) is 0 Å². The van der Waals surface area contributed by atoms with Gasteiger partial charge in [-0.25, -0.2) is 0 Å². The fourth-order valence-corrected chi connectivity index (χ4v) is 3.44.